The maximum absolute atomic E-state index is 11.9. The van der Waals surface area contributed by atoms with Crippen LogP contribution in [-0.2, 0) is 14.9 Å². The Hall–Kier alpha value is -1.30. The molecule has 1 aliphatic heterocycles. The summed E-state index contributed by atoms with van der Waals surface area (Å²) in [7, 11) is 0. The third kappa shape index (κ3) is 5.65. The molecule has 3 N–H and O–H groups in total. The van der Waals surface area contributed by atoms with Gasteiger partial charge in [-0.2, -0.15) is 0 Å². The highest BCUT2D eigenvalue weighted by atomic mass is 35.5. The molecule has 6 heteroatoms. The summed E-state index contributed by atoms with van der Waals surface area (Å²) in [6, 6.07) is 8.24. The first kappa shape index (κ1) is 20.7. The fourth-order valence-electron chi connectivity index (χ4n) is 3.02. The third-order valence-corrected chi connectivity index (χ3v) is 4.46. The molecule has 24 heavy (non-hydrogen) atoms. The highest BCUT2D eigenvalue weighted by Crippen LogP contribution is 2.35. The molecule has 0 spiro atoms. The molecule has 0 saturated carbocycles. The van der Waals surface area contributed by atoms with Gasteiger partial charge >= 0.3 is 0 Å². The SMILES string of the molecule is CCOc1ccc(C2(CNC(=O)CCCN)CCOCC2)cc1.Cl. The first-order valence-electron chi connectivity index (χ1n) is 8.48. The third-order valence-electron chi connectivity index (χ3n) is 4.46. The summed E-state index contributed by atoms with van der Waals surface area (Å²) in [5.41, 5.74) is 6.65. The van der Waals surface area contributed by atoms with Gasteiger partial charge in [0, 0.05) is 31.6 Å². The van der Waals surface area contributed by atoms with Gasteiger partial charge in [-0.3, -0.25) is 4.79 Å². The average molecular weight is 357 g/mol. The van der Waals surface area contributed by atoms with Crippen LogP contribution in [-0.4, -0.2) is 38.8 Å². The van der Waals surface area contributed by atoms with Crippen molar-refractivity contribution in [1.82, 2.24) is 5.32 Å². The zero-order valence-corrected chi connectivity index (χ0v) is 15.2. The first-order valence-corrected chi connectivity index (χ1v) is 8.48. The summed E-state index contributed by atoms with van der Waals surface area (Å²) in [5.74, 6) is 0.956. The van der Waals surface area contributed by atoms with Crippen LogP contribution < -0.4 is 15.8 Å². The van der Waals surface area contributed by atoms with Crippen molar-refractivity contribution in [2.45, 2.75) is 38.0 Å². The summed E-state index contributed by atoms with van der Waals surface area (Å²) in [6.07, 6.45) is 3.05. The van der Waals surface area contributed by atoms with E-state index in [0.29, 0.717) is 26.1 Å². The minimum absolute atomic E-state index is 0. The number of hydrogen-bond donors (Lipinski definition) is 2. The number of hydrogen-bond acceptors (Lipinski definition) is 4. The van der Waals surface area contributed by atoms with E-state index in [1.54, 1.807) is 0 Å². The predicted octanol–water partition coefficient (Wildman–Crippen LogP) is 2.41. The highest BCUT2D eigenvalue weighted by molar-refractivity contribution is 5.85. The topological polar surface area (TPSA) is 73.6 Å². The molecule has 2 rings (SSSR count). The van der Waals surface area contributed by atoms with Crippen LogP contribution in [0.4, 0.5) is 0 Å². The Morgan fingerprint density at radius 1 is 1.29 bits per heavy atom. The summed E-state index contributed by atoms with van der Waals surface area (Å²) < 4.78 is 11.0. The zero-order chi connectivity index (χ0) is 16.5. The van der Waals surface area contributed by atoms with Crippen molar-refractivity contribution >= 4 is 18.3 Å². The maximum atomic E-state index is 11.9. The smallest absolute Gasteiger partial charge is 0.220 e. The summed E-state index contributed by atoms with van der Waals surface area (Å²) in [5, 5.41) is 3.08. The Kier molecular flexibility index (Phi) is 9.11. The Morgan fingerprint density at radius 2 is 1.96 bits per heavy atom. The molecule has 1 fully saturated rings. The predicted molar refractivity (Wildman–Crippen MR) is 97.9 cm³/mol. The summed E-state index contributed by atoms with van der Waals surface area (Å²) in [6.45, 7) is 5.29. The first-order chi connectivity index (χ1) is 11.2. The molecule has 1 aliphatic rings. The maximum Gasteiger partial charge on any atom is 0.220 e. The van der Waals surface area contributed by atoms with Crippen LogP contribution in [0.5, 0.6) is 5.75 Å². The van der Waals surface area contributed by atoms with Gasteiger partial charge in [-0.05, 0) is 50.4 Å². The van der Waals surface area contributed by atoms with Gasteiger partial charge < -0.3 is 20.5 Å². The molecule has 0 unspecified atom stereocenters. The highest BCUT2D eigenvalue weighted by Gasteiger charge is 2.34. The van der Waals surface area contributed by atoms with E-state index in [4.69, 9.17) is 15.2 Å². The van der Waals surface area contributed by atoms with Crippen molar-refractivity contribution in [3.8, 4) is 5.75 Å². The fraction of sp³-hybridized carbons (Fsp3) is 0.611. The molecule has 0 radical (unpaired) electrons. The standard InChI is InChI=1S/C18H28N2O3.ClH/c1-2-23-16-7-5-15(6-8-16)18(9-12-22-13-10-18)14-20-17(21)4-3-11-19;/h5-8H,2-4,9-14,19H2,1H3,(H,20,21);1H. The summed E-state index contributed by atoms with van der Waals surface area (Å²) >= 11 is 0. The molecule has 0 bridgehead atoms. The van der Waals surface area contributed by atoms with Gasteiger partial charge in [0.1, 0.15) is 5.75 Å². The molecule has 5 nitrogen and oxygen atoms in total. The van der Waals surface area contributed by atoms with Gasteiger partial charge in [0.05, 0.1) is 6.61 Å². The van der Waals surface area contributed by atoms with E-state index in [1.807, 2.05) is 19.1 Å². The van der Waals surface area contributed by atoms with E-state index >= 15 is 0 Å². The Bertz CT molecular complexity index is 488. The van der Waals surface area contributed by atoms with E-state index in [1.165, 1.54) is 5.56 Å². The Labute approximate surface area is 150 Å². The van der Waals surface area contributed by atoms with E-state index in [-0.39, 0.29) is 23.7 Å². The molecule has 1 heterocycles. The van der Waals surface area contributed by atoms with E-state index < -0.39 is 0 Å². The molecule has 0 aromatic heterocycles. The Balaban J connectivity index is 0.00000288. The normalized spacial score (nSPS) is 16.1. The number of rotatable bonds is 8. The molecule has 1 aromatic carbocycles. The lowest BCUT2D eigenvalue weighted by atomic mass is 9.74. The number of benzene rings is 1. The van der Waals surface area contributed by atoms with Gasteiger partial charge in [-0.25, -0.2) is 0 Å². The van der Waals surface area contributed by atoms with Gasteiger partial charge in [-0.15, -0.1) is 12.4 Å². The molecule has 0 aliphatic carbocycles. The number of ether oxygens (including phenoxy) is 2. The minimum Gasteiger partial charge on any atom is -0.494 e. The van der Waals surface area contributed by atoms with Crippen molar-refractivity contribution in [3.63, 3.8) is 0 Å². The second kappa shape index (κ2) is 10.5. The Morgan fingerprint density at radius 3 is 2.54 bits per heavy atom. The number of halogens is 1. The molecule has 1 saturated heterocycles. The molecule has 1 aromatic rings. The van der Waals surface area contributed by atoms with Crippen molar-refractivity contribution < 1.29 is 14.3 Å². The van der Waals surface area contributed by atoms with E-state index in [9.17, 15) is 4.79 Å². The second-order valence-electron chi connectivity index (χ2n) is 6.02. The average Bonchev–Trinajstić information content (AvgIpc) is 2.60. The van der Waals surface area contributed by atoms with Gasteiger partial charge in [-0.1, -0.05) is 12.1 Å². The minimum atomic E-state index is -0.0542. The monoisotopic (exact) mass is 356 g/mol. The zero-order valence-electron chi connectivity index (χ0n) is 14.4. The van der Waals surface area contributed by atoms with Crippen LogP contribution in [0.3, 0.4) is 0 Å². The van der Waals surface area contributed by atoms with Gasteiger partial charge in [0.25, 0.3) is 0 Å². The van der Waals surface area contributed by atoms with Crippen molar-refractivity contribution in [2.24, 2.45) is 5.73 Å². The quantitative estimate of drug-likeness (QED) is 0.750. The van der Waals surface area contributed by atoms with Crippen LogP contribution in [0.1, 0.15) is 38.2 Å². The molecular weight excluding hydrogens is 328 g/mol. The van der Waals surface area contributed by atoms with Crippen LogP contribution in [0, 0.1) is 0 Å². The number of nitrogens with one attached hydrogen (secondary N) is 1. The van der Waals surface area contributed by atoms with E-state index in [0.717, 1.165) is 38.2 Å². The van der Waals surface area contributed by atoms with Crippen LogP contribution in [0.15, 0.2) is 24.3 Å². The van der Waals surface area contributed by atoms with E-state index in [2.05, 4.69) is 17.4 Å². The fourth-order valence-corrected chi connectivity index (χ4v) is 3.02. The van der Waals surface area contributed by atoms with Crippen molar-refractivity contribution in [1.29, 1.82) is 0 Å². The number of carbonyl (C=O) groups excluding carboxylic acids is 1. The lowest BCUT2D eigenvalue weighted by molar-refractivity contribution is -0.121. The number of carbonyl (C=O) groups is 1. The van der Waals surface area contributed by atoms with Crippen LogP contribution in [0.2, 0.25) is 0 Å². The lowest BCUT2D eigenvalue weighted by Gasteiger charge is -2.38. The largest absolute Gasteiger partial charge is 0.494 e. The van der Waals surface area contributed by atoms with Crippen LogP contribution in [0.25, 0.3) is 0 Å². The van der Waals surface area contributed by atoms with Crippen LogP contribution >= 0.6 is 12.4 Å². The molecule has 136 valence electrons. The van der Waals surface area contributed by atoms with Gasteiger partial charge in [0.15, 0.2) is 0 Å². The summed E-state index contributed by atoms with van der Waals surface area (Å²) in [4.78, 5) is 11.9. The molecular formula is C18H29ClN2O3. The number of amides is 1. The van der Waals surface area contributed by atoms with Crippen molar-refractivity contribution in [3.05, 3.63) is 29.8 Å². The lowest BCUT2D eigenvalue weighted by Crippen LogP contribution is -2.44. The second-order valence-corrected chi connectivity index (χ2v) is 6.02. The molecule has 1 amide bonds. The van der Waals surface area contributed by atoms with Gasteiger partial charge in [0.2, 0.25) is 5.91 Å². The molecule has 0 atom stereocenters. The number of nitrogens with two attached hydrogens (primary N) is 1. The van der Waals surface area contributed by atoms with Crippen molar-refractivity contribution in [2.75, 3.05) is 32.9 Å².